The summed E-state index contributed by atoms with van der Waals surface area (Å²) in [4.78, 5) is 28.9. The average Bonchev–Trinajstić information content (AvgIpc) is 3.19. The summed E-state index contributed by atoms with van der Waals surface area (Å²) in [6.45, 7) is 14.5. The lowest BCUT2D eigenvalue weighted by atomic mass is 9.72. The number of allylic oxidation sites excluding steroid dienone is 4. The second-order valence-electron chi connectivity index (χ2n) is 10.5. The van der Waals surface area contributed by atoms with Crippen molar-refractivity contribution >= 4 is 28.7 Å². The van der Waals surface area contributed by atoms with Crippen LogP contribution in [0.2, 0.25) is 0 Å². The number of carbonyl (C=O) groups is 2. The van der Waals surface area contributed by atoms with Gasteiger partial charge in [-0.3, -0.25) is 9.59 Å². The molecule has 1 fully saturated rings. The van der Waals surface area contributed by atoms with Crippen LogP contribution in [0.25, 0.3) is 0 Å². The van der Waals surface area contributed by atoms with E-state index in [2.05, 4.69) is 81.3 Å². The van der Waals surface area contributed by atoms with Crippen molar-refractivity contribution in [2.75, 3.05) is 18.0 Å². The molecule has 2 aliphatic heterocycles. The van der Waals surface area contributed by atoms with Crippen LogP contribution in [0.15, 0.2) is 72.0 Å². The number of nitrogens with zero attached hydrogens (tertiary/aromatic N) is 2. The summed E-state index contributed by atoms with van der Waals surface area (Å²) in [5, 5.41) is 0. The van der Waals surface area contributed by atoms with Crippen molar-refractivity contribution < 1.29 is 14.2 Å². The molecule has 2 heterocycles. The molecule has 0 amide bonds. The number of hydrogen-bond acceptors (Lipinski definition) is 3. The Morgan fingerprint density at radius 1 is 0.882 bits per heavy atom. The molecule has 0 aromatic heterocycles. The van der Waals surface area contributed by atoms with Crippen molar-refractivity contribution in [2.24, 2.45) is 5.92 Å². The van der Waals surface area contributed by atoms with Crippen LogP contribution in [0.3, 0.4) is 0 Å². The molecule has 0 unspecified atom stereocenters. The molecular formula is C30H33N2O2+. The number of Topliss-reactive ketones (excluding diaryl/α,β-unsaturated/α-hetero) is 2. The molecule has 1 aliphatic carbocycles. The van der Waals surface area contributed by atoms with Gasteiger partial charge in [-0.05, 0) is 45.4 Å². The van der Waals surface area contributed by atoms with Crippen molar-refractivity contribution in [3.8, 4) is 0 Å². The van der Waals surface area contributed by atoms with Crippen molar-refractivity contribution in [3.05, 3.63) is 83.1 Å². The number of carbonyl (C=O) groups excluding carboxylic acids is 2. The Morgan fingerprint density at radius 3 is 2.15 bits per heavy atom. The summed E-state index contributed by atoms with van der Waals surface area (Å²) in [6.07, 6.45) is 3.78. The molecule has 34 heavy (non-hydrogen) atoms. The van der Waals surface area contributed by atoms with Gasteiger partial charge in [0.25, 0.3) is 0 Å². The molecule has 0 atom stereocenters. The van der Waals surface area contributed by atoms with Crippen LogP contribution < -0.4 is 4.90 Å². The molecule has 3 aliphatic rings. The number of para-hydroxylation sites is 2. The quantitative estimate of drug-likeness (QED) is 0.266. The molecule has 0 radical (unpaired) electrons. The number of likely N-dealkylation sites (N-methyl/N-ethyl adjacent to an activating group) is 1. The molecule has 0 N–H and O–H groups in total. The maximum Gasteiger partial charge on any atom is 0.209 e. The second kappa shape index (κ2) is 7.63. The summed E-state index contributed by atoms with van der Waals surface area (Å²) >= 11 is 0. The third-order valence-corrected chi connectivity index (χ3v) is 7.93. The molecule has 1 saturated carbocycles. The van der Waals surface area contributed by atoms with Gasteiger partial charge in [0.1, 0.15) is 12.5 Å². The first-order chi connectivity index (χ1) is 16.1. The zero-order valence-corrected chi connectivity index (χ0v) is 21.0. The molecule has 0 saturated heterocycles. The first-order valence-electron chi connectivity index (χ1n) is 12.3. The van der Waals surface area contributed by atoms with E-state index in [0.29, 0.717) is 5.57 Å². The number of rotatable bonds is 4. The van der Waals surface area contributed by atoms with Gasteiger partial charge in [0.15, 0.2) is 17.3 Å². The van der Waals surface area contributed by atoms with Crippen molar-refractivity contribution in [3.63, 3.8) is 0 Å². The summed E-state index contributed by atoms with van der Waals surface area (Å²) in [5.74, 6) is -0.849. The van der Waals surface area contributed by atoms with Gasteiger partial charge in [0.05, 0.1) is 11.0 Å². The lowest BCUT2D eigenvalue weighted by molar-refractivity contribution is -0.433. The molecule has 4 heteroatoms. The highest BCUT2D eigenvalue weighted by atomic mass is 16.2. The van der Waals surface area contributed by atoms with E-state index in [4.69, 9.17) is 0 Å². The van der Waals surface area contributed by atoms with E-state index in [1.54, 1.807) is 0 Å². The van der Waals surface area contributed by atoms with Crippen LogP contribution in [0.1, 0.15) is 52.7 Å². The third-order valence-electron chi connectivity index (χ3n) is 7.93. The molecule has 2 aromatic rings. The fourth-order valence-corrected chi connectivity index (χ4v) is 6.01. The Balaban J connectivity index is 1.51. The van der Waals surface area contributed by atoms with E-state index >= 15 is 0 Å². The van der Waals surface area contributed by atoms with E-state index in [9.17, 15) is 9.59 Å². The highest BCUT2D eigenvalue weighted by Gasteiger charge is 2.50. The Hall–Kier alpha value is -3.27. The first kappa shape index (κ1) is 22.5. The standard InChI is InChI=1S/C30H33N2O2/c1-7-31-23-15-11-9-13-21(23)29(3,4)25(31)17-19-27(33)20(28(19)34)18-26-30(5,6)22-14-10-12-16-24(22)32(26)8-2/h9-19H,7-8H2,1-6H3/q+1/b20-18?,25-17-. The Morgan fingerprint density at radius 2 is 1.50 bits per heavy atom. The normalized spacial score (nSPS) is 23.4. The summed E-state index contributed by atoms with van der Waals surface area (Å²) < 4.78 is 2.23. The predicted octanol–water partition coefficient (Wildman–Crippen LogP) is 5.48. The van der Waals surface area contributed by atoms with Crippen molar-refractivity contribution in [1.82, 2.24) is 0 Å². The van der Waals surface area contributed by atoms with Gasteiger partial charge in [-0.1, -0.05) is 50.2 Å². The minimum absolute atomic E-state index is 0.0735. The average molecular weight is 454 g/mol. The lowest BCUT2D eigenvalue weighted by Crippen LogP contribution is -2.42. The largest absolute Gasteiger partial charge is 0.345 e. The maximum absolute atomic E-state index is 13.3. The van der Waals surface area contributed by atoms with Crippen LogP contribution in [0.4, 0.5) is 11.4 Å². The van der Waals surface area contributed by atoms with Gasteiger partial charge >= 0.3 is 0 Å². The van der Waals surface area contributed by atoms with Gasteiger partial charge in [-0.15, -0.1) is 0 Å². The number of anilines is 1. The number of fused-ring (bicyclic) bond motifs is 2. The first-order valence-corrected chi connectivity index (χ1v) is 12.3. The zero-order chi connectivity index (χ0) is 24.4. The van der Waals surface area contributed by atoms with Crippen molar-refractivity contribution in [2.45, 2.75) is 52.4 Å². The maximum atomic E-state index is 13.3. The number of hydrogen-bond donors (Lipinski definition) is 0. The van der Waals surface area contributed by atoms with E-state index in [1.165, 1.54) is 11.1 Å². The third kappa shape index (κ3) is 2.94. The minimum atomic E-state index is -0.702. The van der Waals surface area contributed by atoms with E-state index in [1.807, 2.05) is 30.4 Å². The summed E-state index contributed by atoms with van der Waals surface area (Å²) in [6, 6.07) is 16.7. The minimum Gasteiger partial charge on any atom is -0.345 e. The Bertz CT molecular complexity index is 1300. The number of benzene rings is 2. The van der Waals surface area contributed by atoms with Crippen LogP contribution in [0.5, 0.6) is 0 Å². The van der Waals surface area contributed by atoms with Crippen molar-refractivity contribution in [1.29, 1.82) is 0 Å². The monoisotopic (exact) mass is 453 g/mol. The van der Waals surface area contributed by atoms with Crippen LogP contribution >= 0.6 is 0 Å². The van der Waals surface area contributed by atoms with E-state index in [-0.39, 0.29) is 22.4 Å². The number of ketones is 2. The Kier molecular flexibility index (Phi) is 5.05. The van der Waals surface area contributed by atoms with E-state index in [0.717, 1.165) is 35.9 Å². The smallest absolute Gasteiger partial charge is 0.209 e. The SMILES string of the molecule is CCN1/C(=C\C2C(=O)C(=CC3=[N+](CC)c4ccccc4C3(C)C)C2=O)C(C)(C)c2ccccc21. The van der Waals surface area contributed by atoms with Gasteiger partial charge in [0.2, 0.25) is 5.69 Å². The van der Waals surface area contributed by atoms with Gasteiger partial charge < -0.3 is 4.90 Å². The lowest BCUT2D eigenvalue weighted by Gasteiger charge is -2.30. The van der Waals surface area contributed by atoms with E-state index < -0.39 is 5.92 Å². The fourth-order valence-electron chi connectivity index (χ4n) is 6.01. The molecule has 5 rings (SSSR count). The summed E-state index contributed by atoms with van der Waals surface area (Å²) in [7, 11) is 0. The summed E-state index contributed by atoms with van der Waals surface area (Å²) in [5.41, 5.74) is 6.64. The van der Waals surface area contributed by atoms with Gasteiger partial charge in [-0.2, -0.15) is 4.58 Å². The van der Waals surface area contributed by atoms with Gasteiger partial charge in [0, 0.05) is 41.1 Å². The highest BCUT2D eigenvalue weighted by molar-refractivity contribution is 6.41. The van der Waals surface area contributed by atoms with Crippen LogP contribution in [0, 0.1) is 5.92 Å². The second-order valence-corrected chi connectivity index (χ2v) is 10.5. The topological polar surface area (TPSA) is 40.4 Å². The Labute approximate surface area is 202 Å². The molecule has 2 aromatic carbocycles. The molecule has 4 nitrogen and oxygen atoms in total. The molecule has 174 valence electrons. The predicted molar refractivity (Wildman–Crippen MR) is 137 cm³/mol. The van der Waals surface area contributed by atoms with Crippen LogP contribution in [-0.2, 0) is 20.4 Å². The van der Waals surface area contributed by atoms with Gasteiger partial charge in [-0.25, -0.2) is 0 Å². The zero-order valence-electron chi connectivity index (χ0n) is 21.0. The molecular weight excluding hydrogens is 420 g/mol. The van der Waals surface area contributed by atoms with Crippen LogP contribution in [-0.4, -0.2) is 34.9 Å². The molecule has 0 bridgehead atoms. The fraction of sp³-hybridized carbons (Fsp3) is 0.367. The highest BCUT2D eigenvalue weighted by Crippen LogP contribution is 2.48. The molecule has 0 spiro atoms.